The molecule has 0 heterocycles. The van der Waals surface area contributed by atoms with E-state index in [-0.39, 0.29) is 27.3 Å². The fourth-order valence-electron chi connectivity index (χ4n) is 1.00. The number of thiol groups is 1. The Balaban J connectivity index is 0. The third-order valence-corrected chi connectivity index (χ3v) is 2.37. The molecule has 0 saturated carbocycles. The molecule has 2 radical (unpaired) electrons. The van der Waals surface area contributed by atoms with Gasteiger partial charge in [-0.25, -0.2) is 0 Å². The van der Waals surface area contributed by atoms with Crippen molar-refractivity contribution in [2.24, 2.45) is 0 Å². The standard InChI is InChI=1S/C9H19NS2.Pb.2H/c1-3-5-7-10(9(11)12)8-6-4-2;;;/h3-8H2,1-2H3,(H,11,12);;;. The van der Waals surface area contributed by atoms with E-state index in [9.17, 15) is 0 Å². The first-order chi connectivity index (χ1) is 5.72. The van der Waals surface area contributed by atoms with Crippen LogP contribution in [0, 0.1) is 0 Å². The van der Waals surface area contributed by atoms with E-state index in [0.717, 1.165) is 17.4 Å². The molecular formula is C9H21NPbS2. The average Bonchev–Trinajstić information content (AvgIpc) is 2.04. The molecule has 0 aliphatic heterocycles. The third kappa shape index (κ3) is 9.47. The molecule has 0 rings (SSSR count). The second-order valence-corrected chi connectivity index (χ2v) is 4.09. The predicted octanol–water partition coefficient (Wildman–Crippen LogP) is 2.19. The first-order valence-corrected chi connectivity index (χ1v) is 5.55. The van der Waals surface area contributed by atoms with Gasteiger partial charge in [0.1, 0.15) is 4.32 Å². The van der Waals surface area contributed by atoms with E-state index in [2.05, 4.69) is 31.4 Å². The van der Waals surface area contributed by atoms with Gasteiger partial charge in [0.05, 0.1) is 0 Å². The van der Waals surface area contributed by atoms with Crippen LogP contribution in [0.5, 0.6) is 0 Å². The zero-order chi connectivity index (χ0) is 9.40. The maximum absolute atomic E-state index is 5.03. The van der Waals surface area contributed by atoms with E-state index in [1.54, 1.807) is 0 Å². The Hall–Kier alpha value is 1.16. The molecule has 0 bridgehead atoms. The molecule has 4 heteroatoms. The van der Waals surface area contributed by atoms with Gasteiger partial charge in [0.15, 0.2) is 0 Å². The molecule has 0 aromatic carbocycles. The first kappa shape index (κ1) is 16.6. The summed E-state index contributed by atoms with van der Waals surface area (Å²) in [6.07, 6.45) is 4.87. The van der Waals surface area contributed by atoms with Gasteiger partial charge in [-0.1, -0.05) is 38.9 Å². The molecule has 0 aliphatic rings. The van der Waals surface area contributed by atoms with Crippen molar-refractivity contribution >= 4 is 56.5 Å². The van der Waals surface area contributed by atoms with Crippen LogP contribution in [0.25, 0.3) is 0 Å². The van der Waals surface area contributed by atoms with E-state index in [4.69, 9.17) is 12.2 Å². The van der Waals surface area contributed by atoms with Crippen LogP contribution in [0.1, 0.15) is 39.5 Å². The summed E-state index contributed by atoms with van der Waals surface area (Å²) in [6, 6.07) is 0. The van der Waals surface area contributed by atoms with Gasteiger partial charge in [0.2, 0.25) is 0 Å². The maximum atomic E-state index is 5.03. The van der Waals surface area contributed by atoms with E-state index < -0.39 is 0 Å². The second kappa shape index (κ2) is 11.2. The Bertz CT molecular complexity index is 123. The Morgan fingerprint density at radius 3 is 1.77 bits per heavy atom. The summed E-state index contributed by atoms with van der Waals surface area (Å²) >= 11 is 9.23. The topological polar surface area (TPSA) is 3.24 Å². The van der Waals surface area contributed by atoms with Crippen LogP contribution < -0.4 is 0 Å². The number of hydrogen-bond donors (Lipinski definition) is 1. The fraction of sp³-hybridized carbons (Fsp3) is 0.889. The Morgan fingerprint density at radius 2 is 1.54 bits per heavy atom. The van der Waals surface area contributed by atoms with Crippen LogP contribution in [-0.2, 0) is 0 Å². The minimum absolute atomic E-state index is 0. The van der Waals surface area contributed by atoms with E-state index in [1.807, 2.05) is 0 Å². The van der Waals surface area contributed by atoms with Crippen molar-refractivity contribution in [1.29, 1.82) is 0 Å². The molecule has 0 spiro atoms. The average molecular weight is 415 g/mol. The summed E-state index contributed by atoms with van der Waals surface area (Å²) in [4.78, 5) is 2.19. The van der Waals surface area contributed by atoms with Gasteiger partial charge in [-0.3, -0.25) is 0 Å². The van der Waals surface area contributed by atoms with Gasteiger partial charge in [-0.15, -0.1) is 12.6 Å². The SMILES string of the molecule is CCCCN(CCCC)C(=S)S.[PbH2]. The van der Waals surface area contributed by atoms with Crippen molar-refractivity contribution in [2.75, 3.05) is 13.1 Å². The Morgan fingerprint density at radius 1 is 1.15 bits per heavy atom. The number of thiocarbonyl (C=S) groups is 1. The molecule has 1 nitrogen and oxygen atoms in total. The van der Waals surface area contributed by atoms with Crippen molar-refractivity contribution in [3.63, 3.8) is 0 Å². The molecule has 0 aromatic rings. The quantitative estimate of drug-likeness (QED) is 0.403. The van der Waals surface area contributed by atoms with Crippen molar-refractivity contribution in [1.82, 2.24) is 4.90 Å². The molecule has 0 amide bonds. The second-order valence-electron chi connectivity index (χ2n) is 2.98. The molecule has 0 aromatic heterocycles. The summed E-state index contributed by atoms with van der Waals surface area (Å²) in [6.45, 7) is 6.52. The minimum atomic E-state index is 0. The number of unbranched alkanes of at least 4 members (excludes halogenated alkanes) is 2. The van der Waals surface area contributed by atoms with Gasteiger partial charge in [0, 0.05) is 13.1 Å². The van der Waals surface area contributed by atoms with Crippen LogP contribution in [0.4, 0.5) is 0 Å². The van der Waals surface area contributed by atoms with Gasteiger partial charge in [0.25, 0.3) is 0 Å². The van der Waals surface area contributed by atoms with Crippen LogP contribution in [0.15, 0.2) is 0 Å². The van der Waals surface area contributed by atoms with Crippen LogP contribution in [0.3, 0.4) is 0 Å². The predicted molar refractivity (Wildman–Crippen MR) is 71.5 cm³/mol. The Kier molecular flexibility index (Phi) is 14.3. The number of rotatable bonds is 6. The summed E-state index contributed by atoms with van der Waals surface area (Å²) < 4.78 is 0.747. The molecule has 0 atom stereocenters. The van der Waals surface area contributed by atoms with Crippen LogP contribution in [0.2, 0.25) is 0 Å². The summed E-state index contributed by atoms with van der Waals surface area (Å²) in [5.74, 6) is 0. The summed E-state index contributed by atoms with van der Waals surface area (Å²) in [5, 5.41) is 0. The van der Waals surface area contributed by atoms with Gasteiger partial charge in [-0.05, 0) is 12.8 Å². The molecule has 13 heavy (non-hydrogen) atoms. The fourth-order valence-corrected chi connectivity index (χ4v) is 1.38. The molecular weight excluding hydrogens is 393 g/mol. The number of hydrogen-bond acceptors (Lipinski definition) is 1. The van der Waals surface area contributed by atoms with Crippen molar-refractivity contribution in [2.45, 2.75) is 39.5 Å². The van der Waals surface area contributed by atoms with Crippen molar-refractivity contribution in [3.8, 4) is 0 Å². The molecule has 0 fully saturated rings. The van der Waals surface area contributed by atoms with Crippen molar-refractivity contribution in [3.05, 3.63) is 0 Å². The van der Waals surface area contributed by atoms with E-state index in [0.29, 0.717) is 0 Å². The summed E-state index contributed by atoms with van der Waals surface area (Å²) in [7, 11) is 0. The molecule has 0 N–H and O–H groups in total. The van der Waals surface area contributed by atoms with Gasteiger partial charge < -0.3 is 4.90 Å². The third-order valence-electron chi connectivity index (χ3n) is 1.83. The van der Waals surface area contributed by atoms with Gasteiger partial charge in [-0.2, -0.15) is 0 Å². The van der Waals surface area contributed by atoms with E-state index in [1.165, 1.54) is 25.7 Å². The molecule has 78 valence electrons. The van der Waals surface area contributed by atoms with E-state index >= 15 is 0 Å². The zero-order valence-corrected chi connectivity index (χ0v) is 16.0. The molecule has 0 saturated heterocycles. The monoisotopic (exact) mass is 415 g/mol. The van der Waals surface area contributed by atoms with Crippen LogP contribution in [-0.4, -0.2) is 49.6 Å². The van der Waals surface area contributed by atoms with Crippen LogP contribution >= 0.6 is 24.8 Å². The first-order valence-electron chi connectivity index (χ1n) is 4.70. The molecule has 0 unspecified atom stereocenters. The van der Waals surface area contributed by atoms with Gasteiger partial charge >= 0.3 is 27.3 Å². The summed E-state index contributed by atoms with van der Waals surface area (Å²) in [5.41, 5.74) is 0. The normalized spacial score (nSPS) is 9.15. The molecule has 0 aliphatic carbocycles. The zero-order valence-electron chi connectivity index (χ0n) is 8.75. The Labute approximate surface area is 113 Å². The number of nitrogens with zero attached hydrogens (tertiary/aromatic N) is 1. The van der Waals surface area contributed by atoms with Crippen molar-refractivity contribution < 1.29 is 0 Å².